The van der Waals surface area contributed by atoms with E-state index >= 15 is 0 Å². The molecule has 154 valence electrons. The van der Waals surface area contributed by atoms with Crippen molar-refractivity contribution in [2.45, 2.75) is 47.0 Å². The molecule has 0 radical (unpaired) electrons. The van der Waals surface area contributed by atoms with Gasteiger partial charge in [0.25, 0.3) is 0 Å². The van der Waals surface area contributed by atoms with Crippen LogP contribution >= 0.6 is 0 Å². The Balaban J connectivity index is 2.44. The molecule has 0 saturated heterocycles. The minimum absolute atomic E-state index is 0.0166. The Morgan fingerprint density at radius 2 is 1.64 bits per heavy atom. The highest BCUT2D eigenvalue weighted by Gasteiger charge is 2.21. The number of ether oxygens (including phenoxy) is 2. The molecule has 1 aromatic carbocycles. The predicted octanol–water partition coefficient (Wildman–Crippen LogP) is 2.89. The van der Waals surface area contributed by atoms with E-state index in [1.807, 2.05) is 13.8 Å². The molecule has 8 nitrogen and oxygen atoms in total. The third-order valence-electron chi connectivity index (χ3n) is 3.87. The Kier molecular flexibility index (Phi) is 10.3. The molecule has 0 unspecified atom stereocenters. The Morgan fingerprint density at radius 3 is 2.21 bits per heavy atom. The van der Waals surface area contributed by atoms with E-state index in [0.717, 1.165) is 5.75 Å². The smallest absolute Gasteiger partial charge is 0.314 e. The van der Waals surface area contributed by atoms with Crippen LogP contribution < -0.4 is 15.5 Å². The predicted molar refractivity (Wildman–Crippen MR) is 107 cm³/mol. The molecule has 0 aromatic heterocycles. The van der Waals surface area contributed by atoms with Crippen LogP contribution in [0.2, 0.25) is 0 Å². The van der Waals surface area contributed by atoms with Gasteiger partial charge in [-0.1, -0.05) is 6.92 Å². The first-order valence-electron chi connectivity index (χ1n) is 9.43. The number of carbonyl (C=O) groups excluding carboxylic acids is 3. The number of amides is 2. The van der Waals surface area contributed by atoms with Crippen molar-refractivity contribution in [2.24, 2.45) is 11.0 Å². The van der Waals surface area contributed by atoms with Crippen LogP contribution in [0.5, 0.6) is 5.75 Å². The zero-order valence-electron chi connectivity index (χ0n) is 16.9. The molecule has 0 bridgehead atoms. The highest BCUT2D eigenvalue weighted by Crippen LogP contribution is 2.16. The lowest BCUT2D eigenvalue weighted by molar-refractivity contribution is -0.145. The summed E-state index contributed by atoms with van der Waals surface area (Å²) in [6, 6.07) is 6.99. The summed E-state index contributed by atoms with van der Waals surface area (Å²) in [5.41, 5.74) is 3.47. The quantitative estimate of drug-likeness (QED) is 0.343. The summed E-state index contributed by atoms with van der Waals surface area (Å²) in [7, 11) is 0. The minimum atomic E-state index is -0.497. The van der Waals surface area contributed by atoms with Crippen molar-refractivity contribution >= 4 is 29.2 Å². The van der Waals surface area contributed by atoms with Gasteiger partial charge in [-0.15, -0.1) is 0 Å². The Hall–Kier alpha value is -2.90. The number of esters is 1. The molecule has 28 heavy (non-hydrogen) atoms. The fraction of sp³-hybridized carbons (Fsp3) is 0.500. The molecule has 0 fully saturated rings. The third kappa shape index (κ3) is 8.20. The summed E-state index contributed by atoms with van der Waals surface area (Å²) in [5, 5.41) is 6.67. The molecule has 1 rings (SSSR count). The van der Waals surface area contributed by atoms with Crippen LogP contribution in [0.4, 0.5) is 5.69 Å². The van der Waals surface area contributed by atoms with Gasteiger partial charge in [0.1, 0.15) is 5.75 Å². The number of benzene rings is 1. The van der Waals surface area contributed by atoms with Crippen LogP contribution in [0, 0.1) is 5.92 Å². The fourth-order valence-corrected chi connectivity index (χ4v) is 2.41. The van der Waals surface area contributed by atoms with Gasteiger partial charge in [-0.25, -0.2) is 5.43 Å². The first-order chi connectivity index (χ1) is 13.4. The normalized spacial score (nSPS) is 12.1. The molecular weight excluding hydrogens is 362 g/mol. The number of anilines is 1. The third-order valence-corrected chi connectivity index (χ3v) is 3.87. The van der Waals surface area contributed by atoms with Crippen LogP contribution in [0.25, 0.3) is 0 Å². The van der Waals surface area contributed by atoms with E-state index < -0.39 is 11.8 Å². The highest BCUT2D eigenvalue weighted by molar-refractivity contribution is 6.01. The van der Waals surface area contributed by atoms with E-state index in [9.17, 15) is 14.4 Å². The second-order valence-corrected chi connectivity index (χ2v) is 6.01. The van der Waals surface area contributed by atoms with E-state index in [1.54, 1.807) is 38.1 Å². The van der Waals surface area contributed by atoms with Crippen molar-refractivity contribution < 1.29 is 23.9 Å². The second kappa shape index (κ2) is 12.5. The van der Waals surface area contributed by atoms with Crippen molar-refractivity contribution in [2.75, 3.05) is 18.5 Å². The molecule has 0 saturated carbocycles. The Labute approximate surface area is 165 Å². The van der Waals surface area contributed by atoms with Gasteiger partial charge in [-0.2, -0.15) is 5.10 Å². The van der Waals surface area contributed by atoms with Crippen LogP contribution in [0.3, 0.4) is 0 Å². The van der Waals surface area contributed by atoms with Gasteiger partial charge >= 0.3 is 5.97 Å². The van der Waals surface area contributed by atoms with Crippen LogP contribution in [-0.2, 0) is 19.1 Å². The molecular formula is C20H29N3O5. The number of nitrogens with zero attached hydrogens (tertiary/aromatic N) is 1. The Morgan fingerprint density at radius 1 is 1.00 bits per heavy atom. The summed E-state index contributed by atoms with van der Waals surface area (Å²) >= 11 is 0. The molecule has 1 atom stereocenters. The summed E-state index contributed by atoms with van der Waals surface area (Å²) in [6.45, 7) is 7.99. The molecule has 2 amide bonds. The van der Waals surface area contributed by atoms with E-state index in [0.29, 0.717) is 31.0 Å². The molecule has 0 aliphatic heterocycles. The number of hydrazone groups is 1. The van der Waals surface area contributed by atoms with E-state index in [4.69, 9.17) is 9.47 Å². The minimum Gasteiger partial charge on any atom is -0.494 e. The van der Waals surface area contributed by atoms with Crippen LogP contribution in [0.1, 0.15) is 47.0 Å². The molecule has 0 heterocycles. The number of nitrogens with one attached hydrogen (secondary N) is 2. The van der Waals surface area contributed by atoms with Crippen molar-refractivity contribution in [1.29, 1.82) is 0 Å². The molecule has 8 heteroatoms. The lowest BCUT2D eigenvalue weighted by Gasteiger charge is -2.13. The number of hydrogen-bond acceptors (Lipinski definition) is 6. The van der Waals surface area contributed by atoms with E-state index in [1.165, 1.54) is 0 Å². The van der Waals surface area contributed by atoms with Gasteiger partial charge in [0.15, 0.2) is 0 Å². The van der Waals surface area contributed by atoms with Gasteiger partial charge in [0.05, 0.1) is 19.1 Å². The molecule has 2 N–H and O–H groups in total. The lowest BCUT2D eigenvalue weighted by atomic mass is 10.0. The van der Waals surface area contributed by atoms with Crippen LogP contribution in [0.15, 0.2) is 29.4 Å². The van der Waals surface area contributed by atoms with Crippen molar-refractivity contribution in [3.05, 3.63) is 24.3 Å². The monoisotopic (exact) mass is 391 g/mol. The Bertz CT molecular complexity index is 686. The summed E-state index contributed by atoms with van der Waals surface area (Å²) < 4.78 is 10.3. The first kappa shape index (κ1) is 23.1. The van der Waals surface area contributed by atoms with Crippen molar-refractivity contribution in [3.8, 4) is 5.75 Å². The molecule has 0 aliphatic carbocycles. The summed E-state index contributed by atoms with van der Waals surface area (Å²) in [5.74, 6) is -0.822. The topological polar surface area (TPSA) is 106 Å². The maximum atomic E-state index is 12.0. The number of rotatable bonds is 11. The molecule has 1 aromatic rings. The average molecular weight is 391 g/mol. The molecule has 0 aliphatic rings. The second-order valence-electron chi connectivity index (χ2n) is 6.01. The fourth-order valence-electron chi connectivity index (χ4n) is 2.41. The standard InChI is InChI=1S/C20H29N3O5/c1-5-17(20(26)28-7-3)14(4)22-23-19(25)13-12-18(24)21-15-8-10-16(11-9-15)27-6-2/h8-11,17H,5-7,12-13H2,1-4H3,(H,21,24)(H,23,25)/b22-14+/t17-/m1/s1. The van der Waals surface area contributed by atoms with Crippen molar-refractivity contribution in [1.82, 2.24) is 5.43 Å². The first-order valence-corrected chi connectivity index (χ1v) is 9.43. The van der Waals surface area contributed by atoms with Gasteiger partial charge in [-0.3, -0.25) is 14.4 Å². The van der Waals surface area contributed by atoms with Gasteiger partial charge < -0.3 is 14.8 Å². The zero-order valence-corrected chi connectivity index (χ0v) is 16.9. The largest absolute Gasteiger partial charge is 0.494 e. The maximum Gasteiger partial charge on any atom is 0.314 e. The number of carbonyl (C=O) groups is 3. The SMILES string of the molecule is CCOC(=O)[C@H](CC)/C(C)=N/NC(=O)CCC(=O)Nc1ccc(OCC)cc1. The van der Waals surface area contributed by atoms with Gasteiger partial charge in [0, 0.05) is 24.2 Å². The van der Waals surface area contributed by atoms with Gasteiger partial charge in [-0.05, 0) is 51.5 Å². The van der Waals surface area contributed by atoms with E-state index in [2.05, 4.69) is 15.8 Å². The lowest BCUT2D eigenvalue weighted by Crippen LogP contribution is -2.27. The maximum absolute atomic E-state index is 12.0. The van der Waals surface area contributed by atoms with Crippen LogP contribution in [-0.4, -0.2) is 36.7 Å². The van der Waals surface area contributed by atoms with Crippen molar-refractivity contribution in [3.63, 3.8) is 0 Å². The summed E-state index contributed by atoms with van der Waals surface area (Å²) in [6.07, 6.45) is 0.521. The van der Waals surface area contributed by atoms with E-state index in [-0.39, 0.29) is 24.7 Å². The number of hydrogen-bond donors (Lipinski definition) is 2. The summed E-state index contributed by atoms with van der Waals surface area (Å²) in [4.78, 5) is 35.7. The average Bonchev–Trinajstić information content (AvgIpc) is 2.67. The van der Waals surface area contributed by atoms with Gasteiger partial charge in [0.2, 0.25) is 11.8 Å². The molecule has 0 spiro atoms. The zero-order chi connectivity index (χ0) is 20.9. The highest BCUT2D eigenvalue weighted by atomic mass is 16.5.